The van der Waals surface area contributed by atoms with Crippen LogP contribution in [0.5, 0.6) is 0 Å². The van der Waals surface area contributed by atoms with E-state index in [4.69, 9.17) is 5.26 Å². The minimum Gasteiger partial charge on any atom is -0.344 e. The van der Waals surface area contributed by atoms with E-state index in [9.17, 15) is 9.59 Å². The quantitative estimate of drug-likeness (QED) is 0.600. The predicted octanol–water partition coefficient (Wildman–Crippen LogP) is 1.95. The van der Waals surface area contributed by atoms with Crippen LogP contribution in [0.15, 0.2) is 9.95 Å². The smallest absolute Gasteiger partial charge is 0.262 e. The Bertz CT molecular complexity index is 894. The third-order valence-electron chi connectivity index (χ3n) is 4.21. The van der Waals surface area contributed by atoms with E-state index < -0.39 is 0 Å². The van der Waals surface area contributed by atoms with Crippen molar-refractivity contribution in [1.29, 1.82) is 5.26 Å². The first kappa shape index (κ1) is 17.0. The fraction of sp³-hybridized carbons (Fsp3) is 0.500. The first-order valence-electron chi connectivity index (χ1n) is 7.78. The Labute approximate surface area is 148 Å². The standard InChI is InChI=1S/C16H18N4O2S2/c1-19(8-4-7-17)12(21)9-23-16-18-14-13(15(22)20(16)2)10-5-3-6-11(10)24-14/h3-6,8-9H2,1-2H3. The number of hydrogen-bond donors (Lipinski definition) is 0. The maximum atomic E-state index is 12.7. The van der Waals surface area contributed by atoms with Gasteiger partial charge in [0.25, 0.3) is 5.56 Å². The number of carbonyl (C=O) groups is 1. The average molecular weight is 362 g/mol. The lowest BCUT2D eigenvalue weighted by atomic mass is 10.2. The second-order valence-electron chi connectivity index (χ2n) is 5.81. The maximum Gasteiger partial charge on any atom is 0.262 e. The highest BCUT2D eigenvalue weighted by Crippen LogP contribution is 2.35. The molecular weight excluding hydrogens is 344 g/mol. The molecule has 2 aromatic rings. The zero-order valence-corrected chi connectivity index (χ0v) is 15.3. The summed E-state index contributed by atoms with van der Waals surface area (Å²) in [6.45, 7) is 0.416. The highest BCUT2D eigenvalue weighted by Gasteiger charge is 2.22. The number of thiophene rings is 1. The van der Waals surface area contributed by atoms with Crippen molar-refractivity contribution in [2.24, 2.45) is 7.05 Å². The van der Waals surface area contributed by atoms with Gasteiger partial charge in [-0.15, -0.1) is 11.3 Å². The van der Waals surface area contributed by atoms with Crippen LogP contribution in [0.4, 0.5) is 0 Å². The van der Waals surface area contributed by atoms with Crippen LogP contribution in [-0.2, 0) is 24.7 Å². The van der Waals surface area contributed by atoms with Gasteiger partial charge >= 0.3 is 0 Å². The van der Waals surface area contributed by atoms with Crippen molar-refractivity contribution in [3.63, 3.8) is 0 Å². The molecule has 0 N–H and O–H groups in total. The Morgan fingerprint density at radius 1 is 1.50 bits per heavy atom. The van der Waals surface area contributed by atoms with Crippen LogP contribution in [0.2, 0.25) is 0 Å². The first-order chi connectivity index (χ1) is 11.5. The summed E-state index contributed by atoms with van der Waals surface area (Å²) in [6.07, 6.45) is 3.42. The molecule has 0 fully saturated rings. The van der Waals surface area contributed by atoms with Crippen LogP contribution in [0.3, 0.4) is 0 Å². The largest absolute Gasteiger partial charge is 0.344 e. The average Bonchev–Trinajstić information content (AvgIpc) is 3.14. The minimum absolute atomic E-state index is 0.0211. The number of thioether (sulfide) groups is 1. The topological polar surface area (TPSA) is 79.0 Å². The van der Waals surface area contributed by atoms with Crippen molar-refractivity contribution in [2.75, 3.05) is 19.3 Å². The summed E-state index contributed by atoms with van der Waals surface area (Å²) in [7, 11) is 3.39. The number of hydrogen-bond acceptors (Lipinski definition) is 6. The zero-order valence-electron chi connectivity index (χ0n) is 13.7. The Kier molecular flexibility index (Phi) is 4.92. The van der Waals surface area contributed by atoms with E-state index in [0.29, 0.717) is 18.1 Å². The second kappa shape index (κ2) is 6.95. The Hall–Kier alpha value is -1.85. The molecule has 1 amide bonds. The second-order valence-corrected chi connectivity index (χ2v) is 7.83. The maximum absolute atomic E-state index is 12.7. The van der Waals surface area contributed by atoms with Gasteiger partial charge in [-0.1, -0.05) is 11.8 Å². The number of fused-ring (bicyclic) bond motifs is 3. The van der Waals surface area contributed by atoms with Gasteiger partial charge in [0.2, 0.25) is 5.91 Å². The third-order valence-corrected chi connectivity index (χ3v) is 6.42. The Morgan fingerprint density at radius 3 is 3.04 bits per heavy atom. The highest BCUT2D eigenvalue weighted by atomic mass is 32.2. The molecule has 1 aliphatic carbocycles. The van der Waals surface area contributed by atoms with Crippen molar-refractivity contribution < 1.29 is 4.79 Å². The molecule has 1 aliphatic rings. The SMILES string of the molecule is CN(CCC#N)C(=O)CSc1nc2sc3c(c2c(=O)n1C)CCC3. The van der Waals surface area contributed by atoms with Crippen LogP contribution in [0, 0.1) is 11.3 Å². The van der Waals surface area contributed by atoms with Crippen molar-refractivity contribution in [1.82, 2.24) is 14.5 Å². The monoisotopic (exact) mass is 362 g/mol. The molecule has 0 saturated heterocycles. The van der Waals surface area contributed by atoms with Gasteiger partial charge in [0.1, 0.15) is 4.83 Å². The van der Waals surface area contributed by atoms with Crippen LogP contribution < -0.4 is 5.56 Å². The fourth-order valence-corrected chi connectivity index (χ4v) is 5.03. The van der Waals surface area contributed by atoms with E-state index in [2.05, 4.69) is 4.98 Å². The molecule has 2 heterocycles. The molecule has 8 heteroatoms. The third kappa shape index (κ3) is 3.06. The molecule has 0 spiro atoms. The lowest BCUT2D eigenvalue weighted by Gasteiger charge is -2.15. The summed E-state index contributed by atoms with van der Waals surface area (Å²) in [6, 6.07) is 2.03. The summed E-state index contributed by atoms with van der Waals surface area (Å²) < 4.78 is 1.54. The molecule has 0 atom stereocenters. The van der Waals surface area contributed by atoms with Crippen LogP contribution in [-0.4, -0.2) is 39.7 Å². The molecule has 126 valence electrons. The van der Waals surface area contributed by atoms with Crippen molar-refractivity contribution in [3.05, 3.63) is 20.8 Å². The van der Waals surface area contributed by atoms with Crippen LogP contribution in [0.1, 0.15) is 23.3 Å². The number of aromatic nitrogens is 2. The number of nitrogens with zero attached hydrogens (tertiary/aromatic N) is 4. The van der Waals surface area contributed by atoms with Gasteiger partial charge < -0.3 is 4.90 Å². The molecule has 0 saturated carbocycles. The Morgan fingerprint density at radius 2 is 2.29 bits per heavy atom. The van der Waals surface area contributed by atoms with Gasteiger partial charge in [-0.05, 0) is 24.8 Å². The molecule has 24 heavy (non-hydrogen) atoms. The molecule has 0 radical (unpaired) electrons. The number of rotatable bonds is 5. The van der Waals surface area contributed by atoms with Crippen molar-refractivity contribution in [2.45, 2.75) is 30.8 Å². The fourth-order valence-electron chi connectivity index (χ4n) is 2.81. The predicted molar refractivity (Wildman–Crippen MR) is 95.5 cm³/mol. The van der Waals surface area contributed by atoms with Crippen LogP contribution in [0.25, 0.3) is 10.2 Å². The molecule has 0 bridgehead atoms. The normalized spacial score (nSPS) is 13.0. The van der Waals surface area contributed by atoms with E-state index in [1.54, 1.807) is 30.0 Å². The van der Waals surface area contributed by atoms with Crippen LogP contribution >= 0.6 is 23.1 Å². The summed E-state index contributed by atoms with van der Waals surface area (Å²) in [5, 5.41) is 9.91. The lowest BCUT2D eigenvalue weighted by Crippen LogP contribution is -2.29. The van der Waals surface area contributed by atoms with E-state index in [-0.39, 0.29) is 17.2 Å². The van der Waals surface area contributed by atoms with Gasteiger partial charge in [-0.2, -0.15) is 5.26 Å². The summed E-state index contributed by atoms with van der Waals surface area (Å²) in [5.41, 5.74) is 1.15. The Balaban J connectivity index is 1.81. The molecular formula is C16H18N4O2S2. The molecule has 6 nitrogen and oxygen atoms in total. The minimum atomic E-state index is -0.0710. The summed E-state index contributed by atoms with van der Waals surface area (Å²) >= 11 is 2.88. The summed E-state index contributed by atoms with van der Waals surface area (Å²) in [4.78, 5) is 33.0. The van der Waals surface area contributed by atoms with Gasteiger partial charge in [0.05, 0.1) is 23.6 Å². The van der Waals surface area contributed by atoms with Crippen molar-refractivity contribution in [3.8, 4) is 6.07 Å². The lowest BCUT2D eigenvalue weighted by molar-refractivity contribution is -0.127. The highest BCUT2D eigenvalue weighted by molar-refractivity contribution is 7.99. The van der Waals surface area contributed by atoms with E-state index in [1.807, 2.05) is 6.07 Å². The number of nitriles is 1. The number of carbonyl (C=O) groups excluding carboxylic acids is 1. The molecule has 0 aromatic carbocycles. The van der Waals surface area contributed by atoms with Gasteiger partial charge in [0, 0.05) is 25.5 Å². The van der Waals surface area contributed by atoms with E-state index in [0.717, 1.165) is 29.5 Å². The molecule has 0 unspecified atom stereocenters. The van der Waals surface area contributed by atoms with Gasteiger partial charge in [-0.25, -0.2) is 4.98 Å². The summed E-state index contributed by atoms with van der Waals surface area (Å²) in [5.74, 6) is 0.136. The first-order valence-corrected chi connectivity index (χ1v) is 9.58. The van der Waals surface area contributed by atoms with E-state index in [1.165, 1.54) is 27.1 Å². The van der Waals surface area contributed by atoms with E-state index >= 15 is 0 Å². The van der Waals surface area contributed by atoms with Crippen molar-refractivity contribution >= 4 is 39.2 Å². The zero-order chi connectivity index (χ0) is 17.3. The number of amides is 1. The van der Waals surface area contributed by atoms with Gasteiger partial charge in [-0.3, -0.25) is 14.2 Å². The molecule has 2 aromatic heterocycles. The number of aryl methyl sites for hydroxylation is 2. The molecule has 3 rings (SSSR count). The molecule has 0 aliphatic heterocycles. The van der Waals surface area contributed by atoms with Gasteiger partial charge in [0.15, 0.2) is 5.16 Å².